The Hall–Kier alpha value is -1.25. The van der Waals surface area contributed by atoms with E-state index in [-0.39, 0.29) is 11.6 Å². The van der Waals surface area contributed by atoms with Crippen molar-refractivity contribution in [3.63, 3.8) is 0 Å². The van der Waals surface area contributed by atoms with Crippen LogP contribution in [-0.2, 0) is 0 Å². The van der Waals surface area contributed by atoms with Gasteiger partial charge in [0.05, 0.1) is 19.9 Å². The Balaban J connectivity index is 1.62. The molecule has 0 amide bonds. The molecule has 0 N–H and O–H groups in total. The molecular formula is C19H14O2S5. The fourth-order valence-electron chi connectivity index (χ4n) is 2.11. The van der Waals surface area contributed by atoms with Crippen molar-refractivity contribution in [1.29, 1.82) is 0 Å². The highest BCUT2D eigenvalue weighted by Gasteiger charge is 2.14. The van der Waals surface area contributed by atoms with Crippen LogP contribution >= 0.6 is 58.4 Å². The molecule has 132 valence electrons. The van der Waals surface area contributed by atoms with Gasteiger partial charge in [-0.25, -0.2) is 0 Å². The monoisotopic (exact) mass is 434 g/mol. The zero-order valence-corrected chi connectivity index (χ0v) is 17.6. The molecule has 0 fully saturated rings. The number of hydrogen-bond acceptors (Lipinski definition) is 7. The number of carbonyl (C=O) groups excluding carboxylic acids is 2. The van der Waals surface area contributed by atoms with Crippen molar-refractivity contribution in [2.75, 3.05) is 11.5 Å². The fourth-order valence-corrected chi connectivity index (χ4v) is 8.00. The molecule has 0 spiro atoms. The highest BCUT2D eigenvalue weighted by Crippen LogP contribution is 2.41. The maximum absolute atomic E-state index is 12.3. The Kier molecular flexibility index (Phi) is 7.22. The molecule has 3 aromatic rings. The molecule has 0 saturated carbocycles. The lowest BCUT2D eigenvalue weighted by Gasteiger charge is -2.03. The van der Waals surface area contributed by atoms with E-state index in [1.807, 2.05) is 60.7 Å². The lowest BCUT2D eigenvalue weighted by atomic mass is 10.2. The van der Waals surface area contributed by atoms with Gasteiger partial charge in [0, 0.05) is 11.1 Å². The third-order valence-electron chi connectivity index (χ3n) is 3.38. The second-order valence-electron chi connectivity index (χ2n) is 5.18. The number of benzene rings is 2. The average molecular weight is 435 g/mol. The molecule has 2 aromatic carbocycles. The molecule has 1 heterocycles. The molecule has 0 radical (unpaired) electrons. The van der Waals surface area contributed by atoms with Crippen LogP contribution in [0.25, 0.3) is 0 Å². The first-order valence-electron chi connectivity index (χ1n) is 7.69. The normalized spacial score (nSPS) is 10.6. The van der Waals surface area contributed by atoms with Gasteiger partial charge < -0.3 is 0 Å². The minimum atomic E-state index is 0.0937. The third kappa shape index (κ3) is 5.37. The van der Waals surface area contributed by atoms with Crippen molar-refractivity contribution in [3.8, 4) is 0 Å². The van der Waals surface area contributed by atoms with Gasteiger partial charge in [-0.1, -0.05) is 72.9 Å². The Labute approximate surface area is 173 Å². The lowest BCUT2D eigenvalue weighted by molar-refractivity contribution is 0.101. The van der Waals surface area contributed by atoms with Gasteiger partial charge in [-0.05, 0) is 0 Å². The summed E-state index contributed by atoms with van der Waals surface area (Å²) < 4.78 is 2.86. The van der Waals surface area contributed by atoms with Crippen LogP contribution in [0.1, 0.15) is 20.7 Å². The number of ketones is 2. The summed E-state index contributed by atoms with van der Waals surface area (Å²) >= 11 is 11.3. The van der Waals surface area contributed by atoms with Gasteiger partial charge in [0.25, 0.3) is 0 Å². The second-order valence-corrected chi connectivity index (χ2v) is 10.9. The number of Topliss-reactive ketones (excluding diaryl/α,β-unsaturated/α-hetero) is 2. The average Bonchev–Trinajstić information content (AvgIpc) is 3.05. The first-order valence-corrected chi connectivity index (χ1v) is 11.7. The van der Waals surface area contributed by atoms with E-state index in [2.05, 4.69) is 0 Å². The zero-order chi connectivity index (χ0) is 18.4. The largest absolute Gasteiger partial charge is 0.293 e. The van der Waals surface area contributed by atoms with Crippen LogP contribution < -0.4 is 0 Å². The Morgan fingerprint density at radius 3 is 1.50 bits per heavy atom. The molecule has 0 atom stereocenters. The smallest absolute Gasteiger partial charge is 0.173 e. The second kappa shape index (κ2) is 9.62. The molecule has 0 saturated heterocycles. The van der Waals surface area contributed by atoms with Crippen LogP contribution in [0.4, 0.5) is 0 Å². The van der Waals surface area contributed by atoms with Crippen molar-refractivity contribution in [2.45, 2.75) is 8.42 Å². The molecule has 0 aliphatic heterocycles. The third-order valence-corrected chi connectivity index (χ3v) is 8.96. The molecule has 3 rings (SSSR count). The van der Waals surface area contributed by atoms with E-state index in [1.165, 1.54) is 46.2 Å². The maximum atomic E-state index is 12.3. The van der Waals surface area contributed by atoms with Crippen LogP contribution in [-0.4, -0.2) is 23.1 Å². The summed E-state index contributed by atoms with van der Waals surface area (Å²) in [7, 11) is 0. The Morgan fingerprint density at radius 1 is 0.731 bits per heavy atom. The first kappa shape index (κ1) is 19.5. The lowest BCUT2D eigenvalue weighted by Crippen LogP contribution is -2.02. The van der Waals surface area contributed by atoms with Gasteiger partial charge in [-0.3, -0.25) is 9.59 Å². The van der Waals surface area contributed by atoms with Crippen molar-refractivity contribution >= 4 is 70.0 Å². The van der Waals surface area contributed by atoms with Gasteiger partial charge in [0.2, 0.25) is 0 Å². The molecule has 0 aliphatic carbocycles. The van der Waals surface area contributed by atoms with E-state index in [4.69, 9.17) is 12.2 Å². The van der Waals surface area contributed by atoms with E-state index in [0.29, 0.717) is 22.6 Å². The van der Waals surface area contributed by atoms with Crippen molar-refractivity contribution in [1.82, 2.24) is 0 Å². The molecule has 0 aliphatic rings. The van der Waals surface area contributed by atoms with E-state index in [9.17, 15) is 9.59 Å². The van der Waals surface area contributed by atoms with Gasteiger partial charge >= 0.3 is 0 Å². The number of carbonyl (C=O) groups is 2. The first-order chi connectivity index (χ1) is 12.6. The topological polar surface area (TPSA) is 34.1 Å². The van der Waals surface area contributed by atoms with Gasteiger partial charge in [-0.2, -0.15) is 0 Å². The van der Waals surface area contributed by atoms with Crippen LogP contribution in [0.3, 0.4) is 0 Å². The van der Waals surface area contributed by atoms with E-state index in [1.54, 1.807) is 0 Å². The Bertz CT molecular complexity index is 869. The zero-order valence-electron chi connectivity index (χ0n) is 13.5. The van der Waals surface area contributed by atoms with E-state index in [0.717, 1.165) is 11.6 Å². The summed E-state index contributed by atoms with van der Waals surface area (Å²) in [6.07, 6.45) is 0. The van der Waals surface area contributed by atoms with Crippen molar-refractivity contribution in [3.05, 3.63) is 74.9 Å². The minimum absolute atomic E-state index is 0.0937. The standard InChI is InChI=1S/C19H14O2S5/c20-15(13-7-3-1-4-8-13)11-23-17-18(26-19(22)25-17)24-12-16(21)14-9-5-2-6-10-14/h1-10H,11-12H2. The highest BCUT2D eigenvalue weighted by atomic mass is 32.2. The summed E-state index contributed by atoms with van der Waals surface area (Å²) in [4.78, 5) is 24.6. The molecular weight excluding hydrogens is 421 g/mol. The molecule has 0 unspecified atom stereocenters. The summed E-state index contributed by atoms with van der Waals surface area (Å²) in [5, 5.41) is 0. The quantitative estimate of drug-likeness (QED) is 0.230. The van der Waals surface area contributed by atoms with Crippen LogP contribution in [0, 0.1) is 3.14 Å². The fraction of sp³-hybridized carbons (Fsp3) is 0.105. The highest BCUT2D eigenvalue weighted by molar-refractivity contribution is 8.05. The number of hydrogen-bond donors (Lipinski definition) is 0. The SMILES string of the molecule is O=C(CSc1sc(=S)sc1SCC(=O)c1ccccc1)c1ccccc1. The van der Waals surface area contributed by atoms with Crippen molar-refractivity contribution < 1.29 is 9.59 Å². The predicted octanol–water partition coefficient (Wildman–Crippen LogP) is 6.49. The molecule has 2 nitrogen and oxygen atoms in total. The van der Waals surface area contributed by atoms with Gasteiger partial charge in [0.1, 0.15) is 3.14 Å². The van der Waals surface area contributed by atoms with E-state index >= 15 is 0 Å². The summed E-state index contributed by atoms with van der Waals surface area (Å²) in [6, 6.07) is 18.6. The summed E-state index contributed by atoms with van der Waals surface area (Å²) in [6.45, 7) is 0. The van der Waals surface area contributed by atoms with Crippen molar-refractivity contribution in [2.24, 2.45) is 0 Å². The number of thioether (sulfide) groups is 2. The number of rotatable bonds is 8. The van der Waals surface area contributed by atoms with E-state index < -0.39 is 0 Å². The molecule has 0 bridgehead atoms. The van der Waals surface area contributed by atoms with Gasteiger partial charge in [0.15, 0.2) is 11.6 Å². The molecule has 26 heavy (non-hydrogen) atoms. The Morgan fingerprint density at radius 2 is 1.12 bits per heavy atom. The predicted molar refractivity (Wildman–Crippen MR) is 116 cm³/mol. The maximum Gasteiger partial charge on any atom is 0.173 e. The summed E-state index contributed by atoms with van der Waals surface area (Å²) in [5.41, 5.74) is 1.43. The van der Waals surface area contributed by atoms with Gasteiger partial charge in [-0.15, -0.1) is 46.2 Å². The summed E-state index contributed by atoms with van der Waals surface area (Å²) in [5.74, 6) is 0.922. The molecule has 1 aromatic heterocycles. The molecule has 7 heteroatoms. The van der Waals surface area contributed by atoms with Crippen LogP contribution in [0.15, 0.2) is 69.1 Å². The minimum Gasteiger partial charge on any atom is -0.293 e. The van der Waals surface area contributed by atoms with Crippen LogP contribution in [0.2, 0.25) is 0 Å². The van der Waals surface area contributed by atoms with Crippen LogP contribution in [0.5, 0.6) is 0 Å².